The van der Waals surface area contributed by atoms with Gasteiger partial charge in [0.15, 0.2) is 6.61 Å². The molecule has 0 aliphatic heterocycles. The van der Waals surface area contributed by atoms with Gasteiger partial charge in [0, 0.05) is 11.1 Å². The van der Waals surface area contributed by atoms with Crippen molar-refractivity contribution in [3.05, 3.63) is 71.8 Å². The zero-order chi connectivity index (χ0) is 20.1. The third kappa shape index (κ3) is 4.31. The minimum absolute atomic E-state index is 0.0319. The summed E-state index contributed by atoms with van der Waals surface area (Å²) in [7, 11) is 0. The number of rotatable bonds is 6. The van der Waals surface area contributed by atoms with Crippen LogP contribution in [0.2, 0.25) is 0 Å². The molecule has 0 unspecified atom stereocenters. The van der Waals surface area contributed by atoms with Crippen molar-refractivity contribution in [1.29, 1.82) is 0 Å². The third-order valence-corrected chi connectivity index (χ3v) is 4.83. The van der Waals surface area contributed by atoms with Crippen LogP contribution in [0.15, 0.2) is 60.7 Å². The predicted octanol–water partition coefficient (Wildman–Crippen LogP) is 4.85. The normalized spacial score (nSPS) is 11.8. The van der Waals surface area contributed by atoms with Crippen molar-refractivity contribution in [2.75, 3.05) is 11.9 Å². The van der Waals surface area contributed by atoms with E-state index >= 15 is 0 Å². The zero-order valence-electron chi connectivity index (χ0n) is 15.9. The Kier molecular flexibility index (Phi) is 5.94. The lowest BCUT2D eigenvalue weighted by molar-refractivity contribution is -0.119. The largest absolute Gasteiger partial charge is 0.506 e. The fraction of sp³-hybridized carbons (Fsp3) is 0.217. The Morgan fingerprint density at radius 1 is 1.04 bits per heavy atom. The first kappa shape index (κ1) is 19.4. The lowest BCUT2D eigenvalue weighted by Crippen LogP contribution is -2.21. The molecule has 0 saturated heterocycles. The molecule has 0 aliphatic carbocycles. The van der Waals surface area contributed by atoms with E-state index in [0.717, 1.165) is 11.8 Å². The second kappa shape index (κ2) is 8.57. The maximum Gasteiger partial charge on any atom is 0.342 e. The molecule has 0 radical (unpaired) electrons. The summed E-state index contributed by atoms with van der Waals surface area (Å²) in [6.45, 7) is 3.84. The predicted molar refractivity (Wildman–Crippen MR) is 110 cm³/mol. The number of phenolic OH excluding ortho intramolecular Hbond substituents is 1. The van der Waals surface area contributed by atoms with Crippen molar-refractivity contribution < 1.29 is 19.4 Å². The molecule has 3 rings (SSSR count). The highest BCUT2D eigenvalue weighted by molar-refractivity contribution is 6.02. The molecular formula is C23H23NO4. The van der Waals surface area contributed by atoms with E-state index in [1.54, 1.807) is 18.2 Å². The molecule has 0 bridgehead atoms. The molecule has 28 heavy (non-hydrogen) atoms. The van der Waals surface area contributed by atoms with Crippen LogP contribution in [0.5, 0.6) is 5.75 Å². The van der Waals surface area contributed by atoms with Gasteiger partial charge in [0.2, 0.25) is 0 Å². The van der Waals surface area contributed by atoms with E-state index in [9.17, 15) is 14.7 Å². The maximum atomic E-state index is 12.3. The van der Waals surface area contributed by atoms with Gasteiger partial charge in [-0.3, -0.25) is 4.79 Å². The van der Waals surface area contributed by atoms with Crippen molar-refractivity contribution in [3.63, 3.8) is 0 Å². The van der Waals surface area contributed by atoms with Gasteiger partial charge < -0.3 is 15.2 Å². The van der Waals surface area contributed by atoms with Gasteiger partial charge in [0.1, 0.15) is 11.3 Å². The number of fused-ring (bicyclic) bond motifs is 1. The molecule has 1 amide bonds. The maximum absolute atomic E-state index is 12.3. The number of ether oxygens (including phenoxy) is 1. The van der Waals surface area contributed by atoms with Gasteiger partial charge in [-0.2, -0.15) is 0 Å². The van der Waals surface area contributed by atoms with Crippen molar-refractivity contribution >= 4 is 28.3 Å². The molecule has 1 atom stereocenters. The monoisotopic (exact) mass is 377 g/mol. The van der Waals surface area contributed by atoms with E-state index in [2.05, 4.69) is 19.2 Å². The highest BCUT2D eigenvalue weighted by atomic mass is 16.5. The third-order valence-electron chi connectivity index (χ3n) is 4.83. The number of phenols is 1. The molecule has 0 aromatic heterocycles. The number of aromatic hydroxyl groups is 1. The summed E-state index contributed by atoms with van der Waals surface area (Å²) >= 11 is 0. The van der Waals surface area contributed by atoms with Crippen molar-refractivity contribution in [3.8, 4) is 5.75 Å². The average Bonchev–Trinajstić information content (AvgIpc) is 2.72. The molecule has 0 saturated carbocycles. The van der Waals surface area contributed by atoms with E-state index < -0.39 is 18.5 Å². The summed E-state index contributed by atoms with van der Waals surface area (Å²) in [6, 6.07) is 18.0. The smallest absolute Gasteiger partial charge is 0.342 e. The van der Waals surface area contributed by atoms with E-state index in [-0.39, 0.29) is 11.3 Å². The van der Waals surface area contributed by atoms with Crippen molar-refractivity contribution in [1.82, 2.24) is 0 Å². The highest BCUT2D eigenvalue weighted by Gasteiger charge is 2.16. The Morgan fingerprint density at radius 2 is 1.75 bits per heavy atom. The number of hydrogen-bond acceptors (Lipinski definition) is 4. The van der Waals surface area contributed by atoms with E-state index in [1.807, 2.05) is 36.4 Å². The summed E-state index contributed by atoms with van der Waals surface area (Å²) in [5.41, 5.74) is 1.88. The van der Waals surface area contributed by atoms with Crippen LogP contribution >= 0.6 is 0 Å². The van der Waals surface area contributed by atoms with Crippen LogP contribution in [0.4, 0.5) is 5.69 Å². The Hall–Kier alpha value is -3.34. The van der Waals surface area contributed by atoms with E-state index in [4.69, 9.17) is 4.74 Å². The Labute approximate surface area is 164 Å². The Bertz CT molecular complexity index is 995. The number of benzene rings is 3. The van der Waals surface area contributed by atoms with Gasteiger partial charge >= 0.3 is 5.97 Å². The van der Waals surface area contributed by atoms with Crippen LogP contribution in [0.1, 0.15) is 42.1 Å². The highest BCUT2D eigenvalue weighted by Crippen LogP contribution is 2.29. The van der Waals surface area contributed by atoms with Gasteiger partial charge in [0.05, 0.1) is 0 Å². The molecule has 3 aromatic rings. The van der Waals surface area contributed by atoms with E-state index in [1.165, 1.54) is 11.6 Å². The standard InChI is InChI=1S/C23H23NO4/c1-3-15(2)16-8-11-18(12-9-16)24-21(25)14-28-23(27)20-13-10-17-6-4-5-7-19(17)22(20)26/h4-13,15,26H,3,14H2,1-2H3,(H,24,25)/t15-/m1/s1. The molecule has 0 heterocycles. The SMILES string of the molecule is CC[C@@H](C)c1ccc(NC(=O)COC(=O)c2ccc3ccccc3c2O)cc1. The van der Waals surface area contributed by atoms with Gasteiger partial charge in [-0.05, 0) is 41.5 Å². The second-order valence-electron chi connectivity index (χ2n) is 6.74. The van der Waals surface area contributed by atoms with Crippen LogP contribution in [-0.2, 0) is 9.53 Å². The summed E-state index contributed by atoms with van der Waals surface area (Å²) < 4.78 is 5.06. The summed E-state index contributed by atoms with van der Waals surface area (Å²) in [6.07, 6.45) is 1.04. The molecule has 3 aromatic carbocycles. The molecule has 144 valence electrons. The van der Waals surface area contributed by atoms with Crippen LogP contribution < -0.4 is 5.32 Å². The second-order valence-corrected chi connectivity index (χ2v) is 6.74. The number of hydrogen-bond donors (Lipinski definition) is 2. The first-order valence-electron chi connectivity index (χ1n) is 9.27. The minimum atomic E-state index is -0.745. The fourth-order valence-corrected chi connectivity index (χ4v) is 2.96. The lowest BCUT2D eigenvalue weighted by Gasteiger charge is -2.11. The van der Waals surface area contributed by atoms with Crippen LogP contribution in [0.3, 0.4) is 0 Å². The minimum Gasteiger partial charge on any atom is -0.506 e. The van der Waals surface area contributed by atoms with Gasteiger partial charge in [0.25, 0.3) is 5.91 Å². The van der Waals surface area contributed by atoms with Crippen LogP contribution in [0.25, 0.3) is 10.8 Å². The molecule has 5 nitrogen and oxygen atoms in total. The van der Waals surface area contributed by atoms with Crippen molar-refractivity contribution in [2.45, 2.75) is 26.2 Å². The summed E-state index contributed by atoms with van der Waals surface area (Å²) in [5, 5.41) is 14.4. The first-order valence-corrected chi connectivity index (χ1v) is 9.27. The first-order chi connectivity index (χ1) is 13.5. The molecule has 0 aliphatic rings. The van der Waals surface area contributed by atoms with Crippen molar-refractivity contribution in [2.24, 2.45) is 0 Å². The molecule has 5 heteroatoms. The Morgan fingerprint density at radius 3 is 2.46 bits per heavy atom. The summed E-state index contributed by atoms with van der Waals surface area (Å²) in [5.74, 6) is -0.875. The number of carbonyl (C=O) groups excluding carboxylic acids is 2. The summed E-state index contributed by atoms with van der Waals surface area (Å²) in [4.78, 5) is 24.3. The van der Waals surface area contributed by atoms with Gasteiger partial charge in [-0.1, -0.05) is 56.3 Å². The molecular weight excluding hydrogens is 354 g/mol. The molecule has 0 fully saturated rings. The van der Waals surface area contributed by atoms with Gasteiger partial charge in [-0.15, -0.1) is 0 Å². The number of amides is 1. The number of anilines is 1. The molecule has 0 spiro atoms. The lowest BCUT2D eigenvalue weighted by atomic mass is 9.99. The van der Waals surface area contributed by atoms with Crippen LogP contribution in [-0.4, -0.2) is 23.6 Å². The van der Waals surface area contributed by atoms with Gasteiger partial charge in [-0.25, -0.2) is 4.79 Å². The average molecular weight is 377 g/mol. The fourth-order valence-electron chi connectivity index (χ4n) is 2.96. The number of carbonyl (C=O) groups is 2. The number of nitrogens with one attached hydrogen (secondary N) is 1. The quantitative estimate of drug-likeness (QED) is 0.602. The Balaban J connectivity index is 1.60. The van der Waals surface area contributed by atoms with Crippen LogP contribution in [0, 0.1) is 0 Å². The zero-order valence-corrected chi connectivity index (χ0v) is 15.9. The number of esters is 1. The van der Waals surface area contributed by atoms with E-state index in [0.29, 0.717) is 17.0 Å². The topological polar surface area (TPSA) is 75.6 Å². The molecule has 2 N–H and O–H groups in total.